The molecule has 0 saturated carbocycles. The summed E-state index contributed by atoms with van der Waals surface area (Å²) in [6, 6.07) is 9.00. The van der Waals surface area contributed by atoms with Crippen LogP contribution in [0.1, 0.15) is 17.4 Å². The van der Waals surface area contributed by atoms with Crippen LogP contribution >= 0.6 is 0 Å². The van der Waals surface area contributed by atoms with Gasteiger partial charge in [-0.25, -0.2) is 12.8 Å². The highest BCUT2D eigenvalue weighted by Crippen LogP contribution is 2.34. The van der Waals surface area contributed by atoms with E-state index in [9.17, 15) is 26.0 Å². The maximum atomic E-state index is 13.0. The predicted molar refractivity (Wildman–Crippen MR) is 92.6 cm³/mol. The fourth-order valence-corrected chi connectivity index (χ4v) is 4.43. The summed E-state index contributed by atoms with van der Waals surface area (Å²) in [7, 11) is -3.78. The number of rotatable bonds is 4. The summed E-state index contributed by atoms with van der Waals surface area (Å²) in [5.74, 6) is -0.787. The second kappa shape index (κ2) is 6.92. The molecule has 0 unspecified atom stereocenters. The van der Waals surface area contributed by atoms with Gasteiger partial charge in [0.15, 0.2) is 0 Å². The molecule has 6 nitrogen and oxygen atoms in total. The number of hydrogen-bond acceptors (Lipinski definition) is 5. The first-order valence-corrected chi connectivity index (χ1v) is 9.85. The van der Waals surface area contributed by atoms with Crippen LogP contribution in [0.25, 0.3) is 11.4 Å². The van der Waals surface area contributed by atoms with Gasteiger partial charge in [0, 0.05) is 18.7 Å². The fraction of sp³-hybridized carbons (Fsp3) is 0.222. The van der Waals surface area contributed by atoms with E-state index >= 15 is 0 Å². The lowest BCUT2D eigenvalue weighted by Crippen LogP contribution is -2.48. The van der Waals surface area contributed by atoms with Gasteiger partial charge in [-0.1, -0.05) is 17.3 Å². The van der Waals surface area contributed by atoms with E-state index in [1.165, 1.54) is 28.6 Å². The Hall–Kier alpha value is -2.79. The lowest BCUT2D eigenvalue weighted by molar-refractivity contribution is -0.137. The first-order chi connectivity index (χ1) is 13.6. The highest BCUT2D eigenvalue weighted by atomic mass is 32.2. The zero-order chi connectivity index (χ0) is 20.8. The van der Waals surface area contributed by atoms with Crippen LogP contribution in [0, 0.1) is 5.82 Å². The Morgan fingerprint density at radius 3 is 2.41 bits per heavy atom. The van der Waals surface area contributed by atoms with Crippen molar-refractivity contribution in [2.24, 2.45) is 0 Å². The minimum Gasteiger partial charge on any atom is -0.339 e. The number of hydrogen-bond donors (Lipinski definition) is 0. The first kappa shape index (κ1) is 19.5. The van der Waals surface area contributed by atoms with Crippen LogP contribution in [0.4, 0.5) is 17.6 Å². The normalized spacial score (nSPS) is 16.0. The van der Waals surface area contributed by atoms with Gasteiger partial charge in [0.2, 0.25) is 21.7 Å². The minimum atomic E-state index is -4.49. The maximum Gasteiger partial charge on any atom is 0.416 e. The Bertz CT molecular complexity index is 1140. The van der Waals surface area contributed by atoms with Gasteiger partial charge in [-0.15, -0.1) is 0 Å². The lowest BCUT2D eigenvalue weighted by Gasteiger charge is -2.35. The van der Waals surface area contributed by atoms with Crippen molar-refractivity contribution in [3.8, 4) is 11.4 Å². The van der Waals surface area contributed by atoms with Crippen molar-refractivity contribution in [2.75, 3.05) is 13.1 Å². The molecule has 0 N–H and O–H groups in total. The predicted octanol–water partition coefficient (Wildman–Crippen LogP) is 3.68. The molecule has 0 atom stereocenters. The summed E-state index contributed by atoms with van der Waals surface area (Å²) in [6.45, 7) is 0.147. The van der Waals surface area contributed by atoms with E-state index in [0.717, 1.165) is 24.3 Å². The molecule has 1 aliphatic heterocycles. The second-order valence-electron chi connectivity index (χ2n) is 6.51. The van der Waals surface area contributed by atoms with Gasteiger partial charge in [0.25, 0.3) is 0 Å². The van der Waals surface area contributed by atoms with E-state index in [4.69, 9.17) is 4.52 Å². The fourth-order valence-electron chi connectivity index (χ4n) is 2.90. The second-order valence-corrected chi connectivity index (χ2v) is 8.45. The Labute approximate surface area is 162 Å². The van der Waals surface area contributed by atoms with Crippen molar-refractivity contribution in [1.82, 2.24) is 14.4 Å². The zero-order valence-electron chi connectivity index (χ0n) is 14.6. The number of halogens is 4. The molecule has 29 heavy (non-hydrogen) atoms. The summed E-state index contributed by atoms with van der Waals surface area (Å²) in [5, 5.41) is 3.70. The molecule has 0 spiro atoms. The minimum absolute atomic E-state index is 0.00839. The Morgan fingerprint density at radius 2 is 1.76 bits per heavy atom. The number of aromatic nitrogens is 2. The number of benzene rings is 2. The zero-order valence-corrected chi connectivity index (χ0v) is 15.4. The molecule has 4 rings (SSSR count). The molecular weight excluding hydrogens is 414 g/mol. The van der Waals surface area contributed by atoms with Crippen molar-refractivity contribution in [3.63, 3.8) is 0 Å². The number of alkyl halides is 3. The van der Waals surface area contributed by atoms with Crippen LogP contribution in [-0.2, 0) is 16.2 Å². The molecule has 1 saturated heterocycles. The van der Waals surface area contributed by atoms with Crippen LogP contribution in [0.2, 0.25) is 0 Å². The number of nitrogens with zero attached hydrogens (tertiary/aromatic N) is 3. The molecular formula is C18H13F4N3O3S. The Balaban J connectivity index is 1.48. The van der Waals surface area contributed by atoms with Gasteiger partial charge < -0.3 is 4.52 Å². The molecule has 0 bridgehead atoms. The van der Waals surface area contributed by atoms with Gasteiger partial charge in [0.1, 0.15) is 5.82 Å². The van der Waals surface area contributed by atoms with Crippen LogP contribution in [-0.4, -0.2) is 36.0 Å². The molecule has 2 aromatic carbocycles. The van der Waals surface area contributed by atoms with E-state index in [2.05, 4.69) is 10.1 Å². The molecule has 3 aromatic rings. The van der Waals surface area contributed by atoms with Gasteiger partial charge >= 0.3 is 6.18 Å². The van der Waals surface area contributed by atoms with Crippen LogP contribution in [0.3, 0.4) is 0 Å². The summed E-state index contributed by atoms with van der Waals surface area (Å²) in [5.41, 5.74) is -0.688. The van der Waals surface area contributed by atoms with Gasteiger partial charge in [-0.2, -0.15) is 22.5 Å². The van der Waals surface area contributed by atoms with Gasteiger partial charge in [0.05, 0.1) is 16.4 Å². The summed E-state index contributed by atoms with van der Waals surface area (Å²) in [4.78, 5) is 4.08. The SMILES string of the molecule is O=S(=O)(c1ccc(F)cc1)N1CC(c2nc(-c3cccc(C(F)(F)F)c3)no2)C1. The molecule has 11 heteroatoms. The molecule has 0 radical (unpaired) electrons. The molecule has 0 aliphatic carbocycles. The van der Waals surface area contributed by atoms with E-state index in [0.29, 0.717) is 0 Å². The third-order valence-electron chi connectivity index (χ3n) is 4.54. The first-order valence-electron chi connectivity index (χ1n) is 8.41. The standard InChI is InChI=1S/C18H13F4N3O3S/c19-14-4-6-15(7-5-14)29(26,27)25-9-12(10-25)17-23-16(24-28-17)11-2-1-3-13(8-11)18(20,21)22/h1-8,12H,9-10H2. The lowest BCUT2D eigenvalue weighted by atomic mass is 10.0. The van der Waals surface area contributed by atoms with Crippen LogP contribution < -0.4 is 0 Å². The van der Waals surface area contributed by atoms with Gasteiger partial charge in [-0.05, 0) is 36.4 Å². The monoisotopic (exact) mass is 427 g/mol. The summed E-state index contributed by atoms with van der Waals surface area (Å²) < 4.78 is 82.8. The molecule has 152 valence electrons. The molecule has 2 heterocycles. The van der Waals surface area contributed by atoms with Gasteiger partial charge in [-0.3, -0.25) is 0 Å². The highest BCUT2D eigenvalue weighted by molar-refractivity contribution is 7.89. The quantitative estimate of drug-likeness (QED) is 0.594. The molecule has 1 aliphatic rings. The third-order valence-corrected chi connectivity index (χ3v) is 6.38. The van der Waals surface area contributed by atoms with Crippen molar-refractivity contribution in [3.05, 3.63) is 65.8 Å². The van der Waals surface area contributed by atoms with E-state index < -0.39 is 27.6 Å². The average Bonchev–Trinajstić information content (AvgIpc) is 3.09. The Morgan fingerprint density at radius 1 is 1.07 bits per heavy atom. The summed E-state index contributed by atoms with van der Waals surface area (Å²) >= 11 is 0. The number of sulfonamides is 1. The smallest absolute Gasteiger partial charge is 0.339 e. The topological polar surface area (TPSA) is 76.3 Å². The molecule has 1 aromatic heterocycles. The molecule has 0 amide bonds. The summed E-state index contributed by atoms with van der Waals surface area (Å²) in [6.07, 6.45) is -4.49. The van der Waals surface area contributed by atoms with Crippen LogP contribution in [0.5, 0.6) is 0 Å². The van der Waals surface area contributed by atoms with Crippen LogP contribution in [0.15, 0.2) is 57.9 Å². The van der Waals surface area contributed by atoms with Crippen molar-refractivity contribution in [2.45, 2.75) is 17.0 Å². The van der Waals surface area contributed by atoms with E-state index in [1.807, 2.05) is 0 Å². The highest BCUT2D eigenvalue weighted by Gasteiger charge is 2.40. The van der Waals surface area contributed by atoms with Crippen molar-refractivity contribution >= 4 is 10.0 Å². The maximum absolute atomic E-state index is 13.0. The van der Waals surface area contributed by atoms with Crippen molar-refractivity contribution in [1.29, 1.82) is 0 Å². The van der Waals surface area contributed by atoms with Crippen molar-refractivity contribution < 1.29 is 30.5 Å². The largest absolute Gasteiger partial charge is 0.416 e. The van der Waals surface area contributed by atoms with E-state index in [-0.39, 0.29) is 41.2 Å². The third kappa shape index (κ3) is 3.75. The molecule has 1 fully saturated rings. The van der Waals surface area contributed by atoms with E-state index in [1.54, 1.807) is 0 Å². The Kier molecular flexibility index (Phi) is 4.66. The average molecular weight is 427 g/mol.